The summed E-state index contributed by atoms with van der Waals surface area (Å²) in [4.78, 5) is 0. The van der Waals surface area contributed by atoms with E-state index < -0.39 is 0 Å². The summed E-state index contributed by atoms with van der Waals surface area (Å²) in [5.74, 6) is 0. The highest BCUT2D eigenvalue weighted by Crippen LogP contribution is 2.36. The summed E-state index contributed by atoms with van der Waals surface area (Å²) in [7, 11) is 0. The summed E-state index contributed by atoms with van der Waals surface area (Å²) in [6.07, 6.45) is 0.410. The SMILES string of the molecule is CC(C)(C)[C@@H]1OCCO[C@@H]1C(C)(C)C. The topological polar surface area (TPSA) is 18.5 Å². The minimum absolute atomic E-state index is 0.151. The molecule has 0 saturated carbocycles. The van der Waals surface area contributed by atoms with E-state index in [9.17, 15) is 0 Å². The van der Waals surface area contributed by atoms with Crippen LogP contribution in [0.1, 0.15) is 41.5 Å². The van der Waals surface area contributed by atoms with Gasteiger partial charge in [0.05, 0.1) is 25.4 Å². The maximum atomic E-state index is 5.86. The van der Waals surface area contributed by atoms with Gasteiger partial charge in [0.15, 0.2) is 0 Å². The third-order valence-corrected chi connectivity index (χ3v) is 2.66. The van der Waals surface area contributed by atoms with Crippen LogP contribution in [-0.4, -0.2) is 25.4 Å². The Balaban J connectivity index is 2.80. The van der Waals surface area contributed by atoms with E-state index in [0.29, 0.717) is 0 Å². The largest absolute Gasteiger partial charge is 0.373 e. The van der Waals surface area contributed by atoms with E-state index in [0.717, 1.165) is 13.2 Å². The molecule has 1 heterocycles. The van der Waals surface area contributed by atoms with E-state index >= 15 is 0 Å². The van der Waals surface area contributed by atoms with Crippen LogP contribution in [0.25, 0.3) is 0 Å². The van der Waals surface area contributed by atoms with Crippen molar-refractivity contribution in [2.24, 2.45) is 10.8 Å². The van der Waals surface area contributed by atoms with Gasteiger partial charge in [-0.25, -0.2) is 0 Å². The minimum Gasteiger partial charge on any atom is -0.373 e. The van der Waals surface area contributed by atoms with Gasteiger partial charge in [0.1, 0.15) is 0 Å². The number of ether oxygens (including phenoxy) is 2. The number of hydrogen-bond donors (Lipinski definition) is 0. The van der Waals surface area contributed by atoms with Crippen molar-refractivity contribution in [3.63, 3.8) is 0 Å². The summed E-state index contributed by atoms with van der Waals surface area (Å²) in [5, 5.41) is 0. The van der Waals surface area contributed by atoms with Crippen molar-refractivity contribution in [3.05, 3.63) is 0 Å². The lowest BCUT2D eigenvalue weighted by Crippen LogP contribution is -2.52. The molecule has 0 aromatic heterocycles. The van der Waals surface area contributed by atoms with Crippen molar-refractivity contribution in [2.45, 2.75) is 53.8 Å². The zero-order valence-corrected chi connectivity index (χ0v) is 10.4. The second-order valence-corrected chi connectivity index (χ2v) is 6.31. The van der Waals surface area contributed by atoms with Crippen LogP contribution in [0.4, 0.5) is 0 Å². The molecule has 0 unspecified atom stereocenters. The smallest absolute Gasteiger partial charge is 0.0891 e. The van der Waals surface area contributed by atoms with Crippen LogP contribution in [0.3, 0.4) is 0 Å². The predicted molar refractivity (Wildman–Crippen MR) is 58.4 cm³/mol. The Bertz CT molecular complexity index is 163. The molecule has 1 aliphatic heterocycles. The summed E-state index contributed by atoms with van der Waals surface area (Å²) in [6, 6.07) is 0. The molecular formula is C12H24O2. The van der Waals surface area contributed by atoms with E-state index in [1.165, 1.54) is 0 Å². The Morgan fingerprint density at radius 2 is 1.00 bits per heavy atom. The Morgan fingerprint density at radius 1 is 0.714 bits per heavy atom. The van der Waals surface area contributed by atoms with Crippen LogP contribution < -0.4 is 0 Å². The third kappa shape index (κ3) is 2.71. The van der Waals surface area contributed by atoms with Crippen molar-refractivity contribution >= 4 is 0 Å². The first-order chi connectivity index (χ1) is 6.23. The Kier molecular flexibility index (Phi) is 3.27. The van der Waals surface area contributed by atoms with Gasteiger partial charge in [0, 0.05) is 0 Å². The molecule has 0 spiro atoms. The third-order valence-electron chi connectivity index (χ3n) is 2.66. The van der Waals surface area contributed by atoms with Crippen LogP contribution in [0.2, 0.25) is 0 Å². The Labute approximate surface area is 88.0 Å². The average Bonchev–Trinajstić information content (AvgIpc) is 2.01. The van der Waals surface area contributed by atoms with Crippen molar-refractivity contribution in [1.82, 2.24) is 0 Å². The molecule has 1 rings (SSSR count). The predicted octanol–water partition coefficient (Wildman–Crippen LogP) is 2.86. The maximum Gasteiger partial charge on any atom is 0.0891 e. The normalized spacial score (nSPS) is 30.4. The molecule has 0 radical (unpaired) electrons. The number of rotatable bonds is 0. The standard InChI is InChI=1S/C12H24O2/c1-11(2,3)9-10(12(4,5)6)14-8-7-13-9/h9-10H,7-8H2,1-6H3/t9-,10+. The van der Waals surface area contributed by atoms with E-state index in [1.807, 2.05) is 0 Å². The molecule has 14 heavy (non-hydrogen) atoms. The van der Waals surface area contributed by atoms with Gasteiger partial charge in [-0.05, 0) is 10.8 Å². The van der Waals surface area contributed by atoms with Gasteiger partial charge in [0.25, 0.3) is 0 Å². The molecule has 1 saturated heterocycles. The highest BCUT2D eigenvalue weighted by atomic mass is 16.6. The van der Waals surface area contributed by atoms with E-state index in [1.54, 1.807) is 0 Å². The molecule has 2 heteroatoms. The summed E-state index contributed by atoms with van der Waals surface area (Å²) in [6.45, 7) is 14.7. The molecule has 0 aliphatic carbocycles. The molecule has 0 amide bonds. The first-order valence-corrected chi connectivity index (χ1v) is 5.46. The van der Waals surface area contributed by atoms with Crippen molar-refractivity contribution in [1.29, 1.82) is 0 Å². The molecule has 2 nitrogen and oxygen atoms in total. The monoisotopic (exact) mass is 200 g/mol. The molecule has 2 atom stereocenters. The average molecular weight is 200 g/mol. The second-order valence-electron chi connectivity index (χ2n) is 6.31. The fraction of sp³-hybridized carbons (Fsp3) is 1.00. The molecule has 0 aromatic carbocycles. The van der Waals surface area contributed by atoms with E-state index in [2.05, 4.69) is 41.5 Å². The van der Waals surface area contributed by atoms with Gasteiger partial charge in [0.2, 0.25) is 0 Å². The summed E-state index contributed by atoms with van der Waals surface area (Å²) in [5.41, 5.74) is 0.302. The lowest BCUT2D eigenvalue weighted by Gasteiger charge is -2.45. The first kappa shape index (κ1) is 12.0. The minimum atomic E-state index is 0.151. The van der Waals surface area contributed by atoms with E-state index in [-0.39, 0.29) is 23.0 Å². The van der Waals surface area contributed by atoms with Crippen LogP contribution >= 0.6 is 0 Å². The van der Waals surface area contributed by atoms with Gasteiger partial charge >= 0.3 is 0 Å². The Morgan fingerprint density at radius 3 is 1.21 bits per heavy atom. The molecule has 1 fully saturated rings. The van der Waals surface area contributed by atoms with Crippen LogP contribution in [0.5, 0.6) is 0 Å². The number of hydrogen-bond acceptors (Lipinski definition) is 2. The van der Waals surface area contributed by atoms with Crippen LogP contribution in [-0.2, 0) is 9.47 Å². The first-order valence-electron chi connectivity index (χ1n) is 5.46. The molecule has 84 valence electrons. The van der Waals surface area contributed by atoms with Crippen LogP contribution in [0.15, 0.2) is 0 Å². The zero-order chi connectivity index (χ0) is 11.0. The lowest BCUT2D eigenvalue weighted by atomic mass is 9.75. The lowest BCUT2D eigenvalue weighted by molar-refractivity contribution is -0.204. The fourth-order valence-corrected chi connectivity index (χ4v) is 1.93. The van der Waals surface area contributed by atoms with Gasteiger partial charge in [-0.3, -0.25) is 0 Å². The molecule has 0 aromatic rings. The van der Waals surface area contributed by atoms with Gasteiger partial charge in [-0.1, -0.05) is 41.5 Å². The zero-order valence-electron chi connectivity index (χ0n) is 10.4. The van der Waals surface area contributed by atoms with E-state index in [4.69, 9.17) is 9.47 Å². The summed E-state index contributed by atoms with van der Waals surface area (Å²) >= 11 is 0. The van der Waals surface area contributed by atoms with Gasteiger partial charge in [-0.15, -0.1) is 0 Å². The van der Waals surface area contributed by atoms with Crippen molar-refractivity contribution in [3.8, 4) is 0 Å². The second kappa shape index (κ2) is 3.82. The Hall–Kier alpha value is -0.0800. The highest BCUT2D eigenvalue weighted by Gasteiger charge is 2.42. The molecule has 1 aliphatic rings. The van der Waals surface area contributed by atoms with Gasteiger partial charge < -0.3 is 9.47 Å². The quantitative estimate of drug-likeness (QED) is 0.598. The van der Waals surface area contributed by atoms with Gasteiger partial charge in [-0.2, -0.15) is 0 Å². The van der Waals surface area contributed by atoms with Crippen LogP contribution in [0, 0.1) is 10.8 Å². The molecule has 0 bridgehead atoms. The maximum absolute atomic E-state index is 5.86. The summed E-state index contributed by atoms with van der Waals surface area (Å²) < 4.78 is 11.7. The molecular weight excluding hydrogens is 176 g/mol. The highest BCUT2D eigenvalue weighted by molar-refractivity contribution is 4.90. The van der Waals surface area contributed by atoms with Crippen molar-refractivity contribution in [2.75, 3.05) is 13.2 Å². The van der Waals surface area contributed by atoms with Crippen molar-refractivity contribution < 1.29 is 9.47 Å². The molecule has 0 N–H and O–H groups in total. The fourth-order valence-electron chi connectivity index (χ4n) is 1.93.